The summed E-state index contributed by atoms with van der Waals surface area (Å²) in [7, 11) is 0. The number of carbonyl (C=O) groups is 1. The summed E-state index contributed by atoms with van der Waals surface area (Å²) in [5.41, 5.74) is -1.24. The minimum absolute atomic E-state index is 0.00415. The molecular formula is C22H23F3N2O2. The molecule has 154 valence electrons. The van der Waals surface area contributed by atoms with E-state index >= 15 is 0 Å². The van der Waals surface area contributed by atoms with Gasteiger partial charge in [-0.3, -0.25) is 4.79 Å². The van der Waals surface area contributed by atoms with E-state index in [1.165, 1.54) is 12.1 Å². The largest absolute Gasteiger partial charge is 0.438 e. The van der Waals surface area contributed by atoms with E-state index in [1.54, 1.807) is 36.4 Å². The Bertz CT molecular complexity index is 942. The van der Waals surface area contributed by atoms with Crippen LogP contribution < -0.4 is 0 Å². The number of alkyl halides is 3. The number of hydrazone groups is 1. The van der Waals surface area contributed by atoms with Crippen molar-refractivity contribution < 1.29 is 23.1 Å². The van der Waals surface area contributed by atoms with Crippen LogP contribution in [0.15, 0.2) is 53.6 Å². The highest BCUT2D eigenvalue weighted by Crippen LogP contribution is 2.42. The molecule has 1 aliphatic heterocycles. The van der Waals surface area contributed by atoms with Crippen LogP contribution in [0.2, 0.25) is 0 Å². The second kappa shape index (κ2) is 6.99. The number of aliphatic hydroxyl groups is 1. The summed E-state index contributed by atoms with van der Waals surface area (Å²) >= 11 is 0. The topological polar surface area (TPSA) is 52.9 Å². The molecule has 2 aromatic rings. The fourth-order valence-corrected chi connectivity index (χ4v) is 3.12. The fraction of sp³-hybridized carbons (Fsp3) is 0.364. The van der Waals surface area contributed by atoms with Gasteiger partial charge < -0.3 is 5.11 Å². The van der Waals surface area contributed by atoms with Gasteiger partial charge in [-0.2, -0.15) is 23.3 Å². The van der Waals surface area contributed by atoms with Crippen LogP contribution in [0.1, 0.15) is 54.2 Å². The van der Waals surface area contributed by atoms with E-state index in [0.717, 1.165) is 11.1 Å². The third kappa shape index (κ3) is 3.92. The van der Waals surface area contributed by atoms with Crippen molar-refractivity contribution in [2.75, 3.05) is 0 Å². The van der Waals surface area contributed by atoms with Crippen molar-refractivity contribution in [1.29, 1.82) is 0 Å². The zero-order chi connectivity index (χ0) is 21.6. The Labute approximate surface area is 167 Å². The summed E-state index contributed by atoms with van der Waals surface area (Å²) in [4.78, 5) is 12.9. The molecule has 7 heteroatoms. The van der Waals surface area contributed by atoms with E-state index in [0.29, 0.717) is 5.56 Å². The molecule has 4 nitrogen and oxygen atoms in total. The first-order valence-electron chi connectivity index (χ1n) is 9.22. The molecule has 0 fully saturated rings. The van der Waals surface area contributed by atoms with Crippen LogP contribution in [-0.4, -0.2) is 33.6 Å². The molecule has 2 aromatic carbocycles. The Morgan fingerprint density at radius 3 is 2.07 bits per heavy atom. The fourth-order valence-electron chi connectivity index (χ4n) is 3.12. The van der Waals surface area contributed by atoms with Gasteiger partial charge in [0.25, 0.3) is 11.6 Å². The van der Waals surface area contributed by atoms with Crippen molar-refractivity contribution >= 4 is 11.6 Å². The summed E-state index contributed by atoms with van der Waals surface area (Å²) in [6.45, 7) is 7.82. The molecule has 0 saturated carbocycles. The maximum Gasteiger partial charge on any atom is 0.438 e. The second-order valence-electron chi connectivity index (χ2n) is 8.35. The number of amides is 1. The van der Waals surface area contributed by atoms with Crippen molar-refractivity contribution in [3.63, 3.8) is 0 Å². The number of hydrogen-bond donors (Lipinski definition) is 1. The van der Waals surface area contributed by atoms with Crippen molar-refractivity contribution in [2.24, 2.45) is 5.10 Å². The molecule has 0 radical (unpaired) electrons. The van der Waals surface area contributed by atoms with E-state index in [9.17, 15) is 23.1 Å². The van der Waals surface area contributed by atoms with Crippen molar-refractivity contribution in [1.82, 2.24) is 5.01 Å². The summed E-state index contributed by atoms with van der Waals surface area (Å²) < 4.78 is 41.2. The average Bonchev–Trinajstić information content (AvgIpc) is 3.00. The van der Waals surface area contributed by atoms with Crippen LogP contribution in [0, 0.1) is 6.92 Å². The van der Waals surface area contributed by atoms with Crippen molar-refractivity contribution in [3.05, 3.63) is 70.8 Å². The van der Waals surface area contributed by atoms with Crippen LogP contribution in [0.4, 0.5) is 13.2 Å². The maximum absolute atomic E-state index is 13.7. The normalized spacial score (nSPS) is 20.0. The summed E-state index contributed by atoms with van der Waals surface area (Å²) in [5.74, 6) is -1.01. The third-order valence-corrected chi connectivity index (χ3v) is 5.01. The predicted molar refractivity (Wildman–Crippen MR) is 105 cm³/mol. The van der Waals surface area contributed by atoms with Gasteiger partial charge in [-0.1, -0.05) is 62.7 Å². The molecule has 0 aliphatic carbocycles. The number of nitrogens with zero attached hydrogens (tertiary/aromatic N) is 2. The Balaban J connectivity index is 2.00. The van der Waals surface area contributed by atoms with Gasteiger partial charge >= 0.3 is 6.18 Å². The molecule has 0 spiro atoms. The third-order valence-electron chi connectivity index (χ3n) is 5.01. The van der Waals surface area contributed by atoms with Gasteiger partial charge in [0.15, 0.2) is 0 Å². The first-order chi connectivity index (χ1) is 13.3. The summed E-state index contributed by atoms with van der Waals surface area (Å²) in [5, 5.41) is 14.5. The SMILES string of the molecule is Cc1ccc(C2=NN(C(=O)c3ccc(C(C)(C)C)cc3)[C@@](O)(C(F)(F)F)C2)cc1. The van der Waals surface area contributed by atoms with E-state index in [2.05, 4.69) is 5.10 Å². The number of benzene rings is 2. The number of hydrogen-bond acceptors (Lipinski definition) is 3. The zero-order valence-corrected chi connectivity index (χ0v) is 16.7. The number of aryl methyl sites for hydroxylation is 1. The molecule has 0 saturated heterocycles. The minimum atomic E-state index is -5.07. The highest BCUT2D eigenvalue weighted by molar-refractivity contribution is 6.05. The van der Waals surface area contributed by atoms with Gasteiger partial charge in [-0.05, 0) is 35.6 Å². The van der Waals surface area contributed by atoms with Crippen molar-refractivity contribution in [2.45, 2.75) is 51.4 Å². The maximum atomic E-state index is 13.7. The van der Waals surface area contributed by atoms with Gasteiger partial charge in [0, 0.05) is 5.56 Å². The number of carbonyl (C=O) groups excluding carboxylic acids is 1. The minimum Gasteiger partial charge on any atom is -0.362 e. The highest BCUT2D eigenvalue weighted by Gasteiger charge is 2.63. The van der Waals surface area contributed by atoms with E-state index < -0.39 is 24.2 Å². The molecule has 1 heterocycles. The van der Waals surface area contributed by atoms with E-state index in [4.69, 9.17) is 0 Å². The molecule has 1 atom stereocenters. The Morgan fingerprint density at radius 1 is 1.03 bits per heavy atom. The smallest absolute Gasteiger partial charge is 0.362 e. The molecule has 1 N–H and O–H groups in total. The first-order valence-corrected chi connectivity index (χ1v) is 9.22. The quantitative estimate of drug-likeness (QED) is 0.782. The lowest BCUT2D eigenvalue weighted by Gasteiger charge is -2.32. The summed E-state index contributed by atoms with van der Waals surface area (Å²) in [6, 6.07) is 13.0. The molecule has 29 heavy (non-hydrogen) atoms. The van der Waals surface area contributed by atoms with Crippen molar-refractivity contribution in [3.8, 4) is 0 Å². The standard InChI is InChI=1S/C22H23F3N2O2/c1-14-5-7-15(8-6-14)18-13-21(29,22(23,24)25)27(26-18)19(28)16-9-11-17(12-10-16)20(2,3)4/h5-12,29H,13H2,1-4H3/t21-/m0/s1. The molecule has 0 aromatic heterocycles. The number of rotatable bonds is 2. The van der Waals surface area contributed by atoms with Crippen LogP contribution in [0.3, 0.4) is 0 Å². The number of halogens is 3. The monoisotopic (exact) mass is 404 g/mol. The van der Waals surface area contributed by atoms with Crippen LogP contribution in [-0.2, 0) is 5.41 Å². The van der Waals surface area contributed by atoms with E-state index in [1.807, 2.05) is 27.7 Å². The second-order valence-corrected chi connectivity index (χ2v) is 8.35. The predicted octanol–water partition coefficient (Wildman–Crippen LogP) is 4.79. The van der Waals surface area contributed by atoms with Crippen LogP contribution in [0.25, 0.3) is 0 Å². The van der Waals surface area contributed by atoms with Gasteiger partial charge in [-0.15, -0.1) is 0 Å². The Morgan fingerprint density at radius 2 is 1.59 bits per heavy atom. The highest BCUT2D eigenvalue weighted by atomic mass is 19.4. The van der Waals surface area contributed by atoms with Crippen LogP contribution in [0.5, 0.6) is 0 Å². The first kappa shape index (κ1) is 21.0. The molecule has 0 unspecified atom stereocenters. The summed E-state index contributed by atoms with van der Waals surface area (Å²) in [6.07, 6.45) is -5.89. The molecule has 3 rings (SSSR count). The lowest BCUT2D eigenvalue weighted by atomic mass is 9.86. The lowest BCUT2D eigenvalue weighted by molar-refractivity contribution is -0.297. The van der Waals surface area contributed by atoms with Gasteiger partial charge in [0.1, 0.15) is 0 Å². The van der Waals surface area contributed by atoms with Gasteiger partial charge in [0.05, 0.1) is 12.1 Å². The molecule has 0 bridgehead atoms. The molecular weight excluding hydrogens is 381 g/mol. The van der Waals surface area contributed by atoms with Crippen LogP contribution >= 0.6 is 0 Å². The van der Waals surface area contributed by atoms with Gasteiger partial charge in [0.2, 0.25) is 0 Å². The Kier molecular flexibility index (Phi) is 5.07. The molecule has 1 aliphatic rings. The average molecular weight is 404 g/mol. The molecule has 1 amide bonds. The zero-order valence-electron chi connectivity index (χ0n) is 16.7. The lowest BCUT2D eigenvalue weighted by Crippen LogP contribution is -2.56. The Hall–Kier alpha value is -2.67. The van der Waals surface area contributed by atoms with E-state index in [-0.39, 0.29) is 21.7 Å². The van der Waals surface area contributed by atoms with Gasteiger partial charge in [-0.25, -0.2) is 0 Å².